The first kappa shape index (κ1) is 12.1. The number of aromatic nitrogens is 1. The highest BCUT2D eigenvalue weighted by molar-refractivity contribution is 5.12. The Morgan fingerprint density at radius 3 is 2.60 bits per heavy atom. The molecule has 0 saturated carbocycles. The average molecular weight is 207 g/mol. The average Bonchev–Trinajstić information content (AvgIpc) is 2.18. The Morgan fingerprint density at radius 1 is 1.47 bits per heavy atom. The van der Waals surface area contributed by atoms with Gasteiger partial charge in [-0.2, -0.15) is 0 Å². The maximum atomic E-state index is 6.21. The van der Waals surface area contributed by atoms with Gasteiger partial charge < -0.3 is 10.6 Å². The van der Waals surface area contributed by atoms with E-state index < -0.39 is 0 Å². The molecule has 0 bridgehead atoms. The SMILES string of the molecule is CN(C)C(C)(C)C(N)Cc1cccnc1. The fourth-order valence-corrected chi connectivity index (χ4v) is 1.35. The number of rotatable bonds is 4. The third-order valence-corrected chi connectivity index (χ3v) is 3.24. The van der Waals surface area contributed by atoms with E-state index in [4.69, 9.17) is 5.73 Å². The summed E-state index contributed by atoms with van der Waals surface area (Å²) in [7, 11) is 4.12. The molecule has 0 amide bonds. The molecule has 0 aliphatic carbocycles. The number of hydrogen-bond donors (Lipinski definition) is 1. The van der Waals surface area contributed by atoms with Crippen LogP contribution in [0.3, 0.4) is 0 Å². The van der Waals surface area contributed by atoms with Crippen LogP contribution in [0.2, 0.25) is 0 Å². The molecule has 0 radical (unpaired) electrons. The summed E-state index contributed by atoms with van der Waals surface area (Å²) in [6, 6.07) is 4.13. The first-order chi connectivity index (χ1) is 6.94. The van der Waals surface area contributed by atoms with Gasteiger partial charge in [0.1, 0.15) is 0 Å². The van der Waals surface area contributed by atoms with E-state index in [1.165, 1.54) is 5.56 Å². The summed E-state index contributed by atoms with van der Waals surface area (Å²) in [6.45, 7) is 4.32. The van der Waals surface area contributed by atoms with Crippen molar-refractivity contribution in [2.75, 3.05) is 14.1 Å². The summed E-state index contributed by atoms with van der Waals surface area (Å²) in [5, 5.41) is 0. The maximum absolute atomic E-state index is 6.21. The lowest BCUT2D eigenvalue weighted by molar-refractivity contribution is 0.158. The van der Waals surface area contributed by atoms with E-state index in [0.29, 0.717) is 0 Å². The maximum Gasteiger partial charge on any atom is 0.0301 e. The van der Waals surface area contributed by atoms with Crippen LogP contribution in [0.4, 0.5) is 0 Å². The van der Waals surface area contributed by atoms with E-state index in [9.17, 15) is 0 Å². The summed E-state index contributed by atoms with van der Waals surface area (Å²) >= 11 is 0. The molecule has 0 saturated heterocycles. The van der Waals surface area contributed by atoms with Crippen molar-refractivity contribution in [2.45, 2.75) is 31.8 Å². The van der Waals surface area contributed by atoms with E-state index in [2.05, 4.69) is 43.9 Å². The predicted octanol–water partition coefficient (Wildman–Crippen LogP) is 1.29. The fourth-order valence-electron chi connectivity index (χ4n) is 1.35. The van der Waals surface area contributed by atoms with Gasteiger partial charge in [0.15, 0.2) is 0 Å². The molecule has 1 atom stereocenters. The van der Waals surface area contributed by atoms with Gasteiger partial charge in [0, 0.05) is 24.0 Å². The number of hydrogen-bond acceptors (Lipinski definition) is 3. The van der Waals surface area contributed by atoms with Gasteiger partial charge in [0.2, 0.25) is 0 Å². The van der Waals surface area contributed by atoms with E-state index in [1.54, 1.807) is 6.20 Å². The minimum atomic E-state index is -0.00413. The minimum absolute atomic E-state index is 0.00413. The van der Waals surface area contributed by atoms with Crippen LogP contribution in [0.15, 0.2) is 24.5 Å². The van der Waals surface area contributed by atoms with Crippen molar-refractivity contribution < 1.29 is 0 Å². The van der Waals surface area contributed by atoms with Crippen molar-refractivity contribution in [3.8, 4) is 0 Å². The molecule has 15 heavy (non-hydrogen) atoms. The van der Waals surface area contributed by atoms with Gasteiger partial charge in [-0.1, -0.05) is 6.07 Å². The zero-order chi connectivity index (χ0) is 11.5. The highest BCUT2D eigenvalue weighted by atomic mass is 15.2. The van der Waals surface area contributed by atoms with Crippen molar-refractivity contribution in [2.24, 2.45) is 5.73 Å². The van der Waals surface area contributed by atoms with Crippen molar-refractivity contribution >= 4 is 0 Å². The highest BCUT2D eigenvalue weighted by Gasteiger charge is 2.28. The summed E-state index contributed by atoms with van der Waals surface area (Å²) < 4.78 is 0. The molecular formula is C12H21N3. The van der Waals surface area contributed by atoms with Crippen LogP contribution in [-0.4, -0.2) is 35.6 Å². The van der Waals surface area contributed by atoms with Crippen molar-refractivity contribution in [3.05, 3.63) is 30.1 Å². The molecule has 1 heterocycles. The van der Waals surface area contributed by atoms with Gasteiger partial charge in [-0.3, -0.25) is 4.98 Å². The third kappa shape index (κ3) is 3.01. The largest absolute Gasteiger partial charge is 0.326 e. The predicted molar refractivity (Wildman–Crippen MR) is 63.7 cm³/mol. The lowest BCUT2D eigenvalue weighted by Crippen LogP contribution is -2.54. The minimum Gasteiger partial charge on any atom is -0.326 e. The second-order valence-electron chi connectivity index (χ2n) is 4.72. The summed E-state index contributed by atoms with van der Waals surface area (Å²) in [4.78, 5) is 6.26. The van der Waals surface area contributed by atoms with Gasteiger partial charge in [-0.15, -0.1) is 0 Å². The second kappa shape index (κ2) is 4.73. The molecule has 0 spiro atoms. The van der Waals surface area contributed by atoms with Gasteiger partial charge >= 0.3 is 0 Å². The van der Waals surface area contributed by atoms with Gasteiger partial charge in [-0.05, 0) is 46.0 Å². The number of nitrogens with zero attached hydrogens (tertiary/aromatic N) is 2. The molecule has 3 nitrogen and oxygen atoms in total. The number of pyridine rings is 1. The fraction of sp³-hybridized carbons (Fsp3) is 0.583. The molecule has 0 aromatic carbocycles. The summed E-state index contributed by atoms with van der Waals surface area (Å²) in [6.07, 6.45) is 4.52. The Kier molecular flexibility index (Phi) is 3.83. The molecule has 1 aromatic heterocycles. The highest BCUT2D eigenvalue weighted by Crippen LogP contribution is 2.17. The molecule has 3 heteroatoms. The smallest absolute Gasteiger partial charge is 0.0301 e. The van der Waals surface area contributed by atoms with Crippen LogP contribution in [0, 0.1) is 0 Å². The topological polar surface area (TPSA) is 42.1 Å². The van der Waals surface area contributed by atoms with Gasteiger partial charge in [0.05, 0.1) is 0 Å². The summed E-state index contributed by atoms with van der Waals surface area (Å²) in [5.41, 5.74) is 7.41. The Labute approximate surface area is 92.3 Å². The molecule has 0 aliphatic heterocycles. The standard InChI is InChI=1S/C12H21N3/c1-12(2,15(3)4)11(13)8-10-6-5-7-14-9-10/h5-7,9,11H,8,13H2,1-4H3. The molecule has 1 rings (SSSR count). The van der Waals surface area contributed by atoms with Crippen LogP contribution in [0.5, 0.6) is 0 Å². The Hall–Kier alpha value is -0.930. The zero-order valence-electron chi connectivity index (χ0n) is 10.1. The van der Waals surface area contributed by atoms with Crippen molar-refractivity contribution in [3.63, 3.8) is 0 Å². The monoisotopic (exact) mass is 207 g/mol. The van der Waals surface area contributed by atoms with Gasteiger partial charge in [0.25, 0.3) is 0 Å². The first-order valence-corrected chi connectivity index (χ1v) is 5.26. The van der Waals surface area contributed by atoms with Crippen LogP contribution < -0.4 is 5.73 Å². The van der Waals surface area contributed by atoms with Crippen LogP contribution in [0.1, 0.15) is 19.4 Å². The van der Waals surface area contributed by atoms with E-state index >= 15 is 0 Å². The van der Waals surface area contributed by atoms with Crippen molar-refractivity contribution in [1.82, 2.24) is 9.88 Å². The van der Waals surface area contributed by atoms with Crippen LogP contribution in [0.25, 0.3) is 0 Å². The van der Waals surface area contributed by atoms with E-state index in [-0.39, 0.29) is 11.6 Å². The number of nitrogens with two attached hydrogens (primary N) is 1. The molecule has 1 unspecified atom stereocenters. The van der Waals surface area contributed by atoms with E-state index in [1.807, 2.05) is 12.3 Å². The Bertz CT molecular complexity index is 293. The molecule has 0 fully saturated rings. The molecule has 2 N–H and O–H groups in total. The van der Waals surface area contributed by atoms with Crippen LogP contribution >= 0.6 is 0 Å². The number of likely N-dealkylation sites (N-methyl/N-ethyl adjacent to an activating group) is 1. The molecule has 0 aliphatic rings. The normalized spacial score (nSPS) is 14.3. The Balaban J connectivity index is 2.67. The zero-order valence-corrected chi connectivity index (χ0v) is 10.1. The quantitative estimate of drug-likeness (QED) is 0.809. The molecule has 84 valence electrons. The lowest BCUT2D eigenvalue weighted by Gasteiger charge is -2.38. The second-order valence-corrected chi connectivity index (χ2v) is 4.72. The first-order valence-electron chi connectivity index (χ1n) is 5.26. The lowest BCUT2D eigenvalue weighted by atomic mass is 9.89. The Morgan fingerprint density at radius 2 is 2.13 bits per heavy atom. The van der Waals surface area contributed by atoms with Gasteiger partial charge in [-0.25, -0.2) is 0 Å². The molecule has 1 aromatic rings. The van der Waals surface area contributed by atoms with E-state index in [0.717, 1.165) is 6.42 Å². The van der Waals surface area contributed by atoms with Crippen LogP contribution in [-0.2, 0) is 6.42 Å². The van der Waals surface area contributed by atoms with Crippen molar-refractivity contribution in [1.29, 1.82) is 0 Å². The summed E-state index contributed by atoms with van der Waals surface area (Å²) in [5.74, 6) is 0. The third-order valence-electron chi connectivity index (χ3n) is 3.24. The molecular weight excluding hydrogens is 186 g/mol.